The standard InChI is InChI=1S/C61H31N5OS/c1-63-56-52(34-15-4-2-5-16-34)46(33-62)57(53(35-17-6-3-7-18-35)59(56)66-47-24-14-23-40-36-19-8-9-20-37(36)41-29-30-64-61(66)55(41)54(40)47)65-48-32-50-45(38-21-10-12-25-49(38)67-50)31-44(48)42-27-28-43-39-22-11-13-26-51(39)68-60(43)58(42)65/h2-32H. The summed E-state index contributed by atoms with van der Waals surface area (Å²) in [5, 5.41) is 25.2. The van der Waals surface area contributed by atoms with Crippen LogP contribution >= 0.6 is 11.3 Å². The summed E-state index contributed by atoms with van der Waals surface area (Å²) in [4.78, 5) is 9.78. The van der Waals surface area contributed by atoms with Gasteiger partial charge in [0.05, 0.1) is 44.8 Å². The van der Waals surface area contributed by atoms with Gasteiger partial charge >= 0.3 is 0 Å². The maximum absolute atomic E-state index is 12.0. The van der Waals surface area contributed by atoms with Crippen LogP contribution < -0.4 is 0 Å². The number of benzene rings is 10. The molecule has 0 radical (unpaired) electrons. The number of nitriles is 1. The van der Waals surface area contributed by atoms with Crippen molar-refractivity contribution in [1.82, 2.24) is 14.1 Å². The molecule has 15 aromatic rings. The van der Waals surface area contributed by atoms with Crippen molar-refractivity contribution < 1.29 is 4.42 Å². The molecule has 0 aliphatic rings. The Morgan fingerprint density at radius 2 is 1.18 bits per heavy atom. The number of thiophene rings is 1. The number of para-hydroxylation sites is 1. The molecule has 312 valence electrons. The van der Waals surface area contributed by atoms with Crippen molar-refractivity contribution in [1.29, 1.82) is 5.26 Å². The van der Waals surface area contributed by atoms with E-state index in [1.807, 2.05) is 66.9 Å². The maximum Gasteiger partial charge on any atom is 0.220 e. The molecule has 0 saturated heterocycles. The van der Waals surface area contributed by atoms with Gasteiger partial charge in [0.1, 0.15) is 22.9 Å². The van der Waals surface area contributed by atoms with Crippen LogP contribution in [0.2, 0.25) is 0 Å². The molecule has 68 heavy (non-hydrogen) atoms. The van der Waals surface area contributed by atoms with E-state index in [9.17, 15) is 11.8 Å². The Labute approximate surface area is 391 Å². The van der Waals surface area contributed by atoms with Gasteiger partial charge in [-0.25, -0.2) is 9.83 Å². The summed E-state index contributed by atoms with van der Waals surface area (Å²) in [6.07, 6.45) is 1.89. The van der Waals surface area contributed by atoms with Gasteiger partial charge in [0.15, 0.2) is 0 Å². The summed E-state index contributed by atoms with van der Waals surface area (Å²) < 4.78 is 13.5. The molecule has 7 heteroatoms. The van der Waals surface area contributed by atoms with E-state index in [1.54, 1.807) is 11.3 Å². The van der Waals surface area contributed by atoms with Crippen molar-refractivity contribution in [3.63, 3.8) is 0 Å². The van der Waals surface area contributed by atoms with E-state index < -0.39 is 0 Å². The van der Waals surface area contributed by atoms with E-state index in [4.69, 9.17) is 9.40 Å². The first-order valence-electron chi connectivity index (χ1n) is 22.5. The van der Waals surface area contributed by atoms with E-state index in [0.29, 0.717) is 28.2 Å². The lowest BCUT2D eigenvalue weighted by Crippen LogP contribution is -2.09. The highest BCUT2D eigenvalue weighted by molar-refractivity contribution is 7.26. The van der Waals surface area contributed by atoms with Crippen LogP contribution in [0.3, 0.4) is 0 Å². The van der Waals surface area contributed by atoms with Crippen molar-refractivity contribution in [3.05, 3.63) is 205 Å². The van der Waals surface area contributed by atoms with Crippen molar-refractivity contribution >= 4 is 124 Å². The minimum atomic E-state index is 0.371. The van der Waals surface area contributed by atoms with Crippen LogP contribution in [0.5, 0.6) is 0 Å². The Kier molecular flexibility index (Phi) is 7.42. The molecule has 0 amide bonds. The molecule has 0 aliphatic heterocycles. The van der Waals surface area contributed by atoms with Crippen molar-refractivity contribution in [2.24, 2.45) is 0 Å². The number of fused-ring (bicyclic) bond motifs is 13. The Hall–Kier alpha value is -9.27. The highest BCUT2D eigenvalue weighted by Gasteiger charge is 2.33. The lowest BCUT2D eigenvalue weighted by molar-refractivity contribution is 0.669. The molecule has 0 atom stereocenters. The van der Waals surface area contributed by atoms with E-state index in [0.717, 1.165) is 114 Å². The van der Waals surface area contributed by atoms with Crippen molar-refractivity contribution in [2.75, 3.05) is 0 Å². The fraction of sp³-hybridized carbons (Fsp3) is 0. The molecule has 0 bridgehead atoms. The summed E-state index contributed by atoms with van der Waals surface area (Å²) in [6.45, 7) is 9.31. The van der Waals surface area contributed by atoms with E-state index in [1.165, 1.54) is 10.1 Å². The van der Waals surface area contributed by atoms with Crippen LogP contribution in [0.25, 0.3) is 146 Å². The number of rotatable bonds is 4. The second-order valence-electron chi connectivity index (χ2n) is 17.5. The molecule has 10 aromatic carbocycles. The first kappa shape index (κ1) is 37.0. The Morgan fingerprint density at radius 1 is 0.515 bits per heavy atom. The topological polar surface area (TPSA) is 64.0 Å². The summed E-state index contributed by atoms with van der Waals surface area (Å²) in [5.41, 5.74) is 10.2. The van der Waals surface area contributed by atoms with Gasteiger partial charge in [0.25, 0.3) is 0 Å². The predicted molar refractivity (Wildman–Crippen MR) is 281 cm³/mol. The SMILES string of the molecule is [C-]#[N+]c1c(-c2ccccc2)c(C#N)c(-n2c3cc4oc5ccccc5c4cc3c3ccc4c5ccccc5sc4c32)c(-c2ccccc2)c1-n1c2cccc3c4ccccc4c4ccnc1c4c32. The number of pyridine rings is 1. The van der Waals surface area contributed by atoms with Gasteiger partial charge in [0.2, 0.25) is 5.69 Å². The number of nitrogens with zero attached hydrogens (tertiary/aromatic N) is 5. The van der Waals surface area contributed by atoms with Crippen LogP contribution in [-0.2, 0) is 0 Å². The summed E-state index contributed by atoms with van der Waals surface area (Å²) in [7, 11) is 0. The monoisotopic (exact) mass is 881 g/mol. The Balaban J connectivity index is 1.24. The van der Waals surface area contributed by atoms with Crippen LogP contribution in [0, 0.1) is 17.9 Å². The zero-order valence-electron chi connectivity index (χ0n) is 36.0. The molecule has 5 heterocycles. The quantitative estimate of drug-likeness (QED) is 0.131. The number of aromatic nitrogens is 3. The molecular formula is C61H31N5OS. The third-order valence-corrected chi connectivity index (χ3v) is 15.4. The highest BCUT2D eigenvalue weighted by atomic mass is 32.1. The zero-order chi connectivity index (χ0) is 44.8. The molecule has 0 saturated carbocycles. The van der Waals surface area contributed by atoms with Crippen molar-refractivity contribution in [2.45, 2.75) is 0 Å². The smallest absolute Gasteiger partial charge is 0.220 e. The minimum absolute atomic E-state index is 0.371. The summed E-state index contributed by atoms with van der Waals surface area (Å²) in [5.74, 6) is 0. The third-order valence-electron chi connectivity index (χ3n) is 14.2. The molecule has 0 fully saturated rings. The average Bonchev–Trinajstić information content (AvgIpc) is 4.15. The van der Waals surface area contributed by atoms with Gasteiger partial charge in [0, 0.05) is 71.2 Å². The lowest BCUT2D eigenvalue weighted by atomic mass is 9.88. The molecule has 0 spiro atoms. The van der Waals surface area contributed by atoms with Gasteiger partial charge in [-0.1, -0.05) is 146 Å². The number of hydrogen-bond acceptors (Lipinski definition) is 4. The first-order chi connectivity index (χ1) is 33.7. The fourth-order valence-electron chi connectivity index (χ4n) is 11.5. The molecule has 6 nitrogen and oxygen atoms in total. The summed E-state index contributed by atoms with van der Waals surface area (Å²) >= 11 is 1.77. The van der Waals surface area contributed by atoms with Crippen LogP contribution in [0.15, 0.2) is 193 Å². The predicted octanol–water partition coefficient (Wildman–Crippen LogP) is 17.0. The van der Waals surface area contributed by atoms with E-state index in [-0.39, 0.29) is 0 Å². The number of hydrogen-bond donors (Lipinski definition) is 0. The van der Waals surface area contributed by atoms with E-state index in [2.05, 4.69) is 141 Å². The van der Waals surface area contributed by atoms with Crippen LogP contribution in [0.1, 0.15) is 5.56 Å². The molecule has 15 rings (SSSR count). The number of furan rings is 1. The maximum atomic E-state index is 12.0. The zero-order valence-corrected chi connectivity index (χ0v) is 36.8. The highest BCUT2D eigenvalue weighted by Crippen LogP contribution is 2.54. The fourth-order valence-corrected chi connectivity index (χ4v) is 12.7. The minimum Gasteiger partial charge on any atom is -0.456 e. The van der Waals surface area contributed by atoms with Gasteiger partial charge in [-0.2, -0.15) is 5.26 Å². The third kappa shape index (κ3) is 4.74. The van der Waals surface area contributed by atoms with E-state index >= 15 is 0 Å². The molecule has 0 unspecified atom stereocenters. The molecule has 0 aliphatic carbocycles. The van der Waals surface area contributed by atoms with Gasteiger partial charge in [-0.15, -0.1) is 11.3 Å². The van der Waals surface area contributed by atoms with Gasteiger partial charge in [-0.3, -0.25) is 0 Å². The normalized spacial score (nSPS) is 12.1. The van der Waals surface area contributed by atoms with Crippen LogP contribution in [0.4, 0.5) is 5.69 Å². The second-order valence-corrected chi connectivity index (χ2v) is 18.6. The summed E-state index contributed by atoms with van der Waals surface area (Å²) in [6, 6.07) is 65.9. The molecule has 0 N–H and O–H groups in total. The van der Waals surface area contributed by atoms with Gasteiger partial charge in [-0.05, 0) is 63.0 Å². The second kappa shape index (κ2) is 13.6. The van der Waals surface area contributed by atoms with Crippen LogP contribution in [-0.4, -0.2) is 14.1 Å². The Bertz CT molecular complexity index is 4660. The lowest BCUT2D eigenvalue weighted by Gasteiger charge is -2.25. The Morgan fingerprint density at radius 3 is 1.94 bits per heavy atom. The average molecular weight is 882 g/mol. The van der Waals surface area contributed by atoms with Gasteiger partial charge < -0.3 is 13.6 Å². The first-order valence-corrected chi connectivity index (χ1v) is 23.4. The largest absolute Gasteiger partial charge is 0.456 e. The molecule has 5 aromatic heterocycles. The molecular weight excluding hydrogens is 851 g/mol. The van der Waals surface area contributed by atoms with Crippen molar-refractivity contribution in [3.8, 4) is 39.7 Å².